The van der Waals surface area contributed by atoms with Gasteiger partial charge in [-0.15, -0.1) is 0 Å². The molecule has 6 nitrogen and oxygen atoms in total. The minimum absolute atomic E-state index is 0.0247. The van der Waals surface area contributed by atoms with E-state index in [-0.39, 0.29) is 17.9 Å². The normalized spacial score (nSPS) is 18.0. The van der Waals surface area contributed by atoms with E-state index in [1.807, 2.05) is 30.3 Å². The summed E-state index contributed by atoms with van der Waals surface area (Å²) < 4.78 is 5.53. The Morgan fingerprint density at radius 1 is 1.20 bits per heavy atom. The summed E-state index contributed by atoms with van der Waals surface area (Å²) in [4.78, 5) is 15.0. The van der Waals surface area contributed by atoms with Gasteiger partial charge in [0.05, 0.1) is 30.4 Å². The number of carbonyl (C=O) groups excluding carboxylic acids is 1. The molecule has 25 heavy (non-hydrogen) atoms. The van der Waals surface area contributed by atoms with Crippen molar-refractivity contribution in [3.63, 3.8) is 0 Å². The van der Waals surface area contributed by atoms with Crippen molar-refractivity contribution in [2.24, 2.45) is 5.92 Å². The van der Waals surface area contributed by atoms with Crippen molar-refractivity contribution in [3.8, 4) is 0 Å². The molecule has 1 aromatic heterocycles. The molecular formula is C19H26N4O2. The van der Waals surface area contributed by atoms with Gasteiger partial charge < -0.3 is 10.1 Å². The first kappa shape index (κ1) is 17.6. The number of aromatic nitrogens is 3. The Morgan fingerprint density at radius 3 is 2.44 bits per heavy atom. The minimum atomic E-state index is -0.524. The zero-order valence-corrected chi connectivity index (χ0v) is 14.9. The van der Waals surface area contributed by atoms with E-state index in [1.165, 1.54) is 0 Å². The lowest BCUT2D eigenvalue weighted by Gasteiger charge is -2.38. The van der Waals surface area contributed by atoms with E-state index in [4.69, 9.17) is 4.74 Å². The number of nitrogens with one attached hydrogen (secondary N) is 1. The van der Waals surface area contributed by atoms with Crippen molar-refractivity contribution in [2.75, 3.05) is 13.2 Å². The molecule has 2 heterocycles. The van der Waals surface area contributed by atoms with Crippen molar-refractivity contribution in [2.45, 2.75) is 44.7 Å². The van der Waals surface area contributed by atoms with Crippen LogP contribution >= 0.6 is 0 Å². The van der Waals surface area contributed by atoms with Crippen LogP contribution < -0.4 is 5.32 Å². The van der Waals surface area contributed by atoms with Crippen LogP contribution in [0.3, 0.4) is 0 Å². The van der Waals surface area contributed by atoms with Crippen molar-refractivity contribution in [1.82, 2.24) is 20.3 Å². The molecule has 1 aliphatic heterocycles. The Kier molecular flexibility index (Phi) is 5.48. The van der Waals surface area contributed by atoms with E-state index < -0.39 is 5.41 Å². The number of carbonyl (C=O) groups is 1. The molecule has 2 aromatic rings. The molecule has 1 N–H and O–H groups in total. The van der Waals surface area contributed by atoms with Crippen LogP contribution in [-0.4, -0.2) is 40.2 Å². The number of hydrogen-bond acceptors (Lipinski definition) is 4. The number of amides is 1. The van der Waals surface area contributed by atoms with Crippen molar-refractivity contribution in [3.05, 3.63) is 48.3 Å². The fraction of sp³-hybridized carbons (Fsp3) is 0.526. The Balaban J connectivity index is 1.82. The second-order valence-corrected chi connectivity index (χ2v) is 6.97. The first-order valence-corrected chi connectivity index (χ1v) is 8.90. The molecule has 0 spiro atoms. The molecule has 1 saturated heterocycles. The summed E-state index contributed by atoms with van der Waals surface area (Å²) in [7, 11) is 0. The monoisotopic (exact) mass is 342 g/mol. The van der Waals surface area contributed by atoms with Gasteiger partial charge in [0.25, 0.3) is 0 Å². The molecule has 0 bridgehead atoms. The van der Waals surface area contributed by atoms with Crippen LogP contribution in [0.25, 0.3) is 0 Å². The zero-order valence-electron chi connectivity index (χ0n) is 14.9. The van der Waals surface area contributed by atoms with Crippen LogP contribution in [0, 0.1) is 5.92 Å². The van der Waals surface area contributed by atoms with Crippen LogP contribution in [0.4, 0.5) is 0 Å². The van der Waals surface area contributed by atoms with Crippen molar-refractivity contribution in [1.29, 1.82) is 0 Å². The van der Waals surface area contributed by atoms with Crippen LogP contribution in [0.2, 0.25) is 0 Å². The number of rotatable bonds is 6. The van der Waals surface area contributed by atoms with Crippen molar-refractivity contribution < 1.29 is 9.53 Å². The predicted molar refractivity (Wildman–Crippen MR) is 95.0 cm³/mol. The molecule has 1 aliphatic rings. The van der Waals surface area contributed by atoms with E-state index in [0.29, 0.717) is 32.6 Å². The average Bonchev–Trinajstić information content (AvgIpc) is 3.15. The average molecular weight is 342 g/mol. The highest BCUT2D eigenvalue weighted by Crippen LogP contribution is 2.35. The molecule has 134 valence electrons. The molecule has 0 aliphatic carbocycles. The molecule has 1 amide bonds. The molecule has 0 radical (unpaired) electrons. The molecule has 1 atom stereocenters. The minimum Gasteiger partial charge on any atom is -0.381 e. The summed E-state index contributed by atoms with van der Waals surface area (Å²) in [6, 6.07) is 10.0. The fourth-order valence-electron chi connectivity index (χ4n) is 3.37. The van der Waals surface area contributed by atoms with Crippen LogP contribution in [0.5, 0.6) is 0 Å². The summed E-state index contributed by atoms with van der Waals surface area (Å²) >= 11 is 0. The largest absolute Gasteiger partial charge is 0.381 e. The van der Waals surface area contributed by atoms with Gasteiger partial charge in [0.1, 0.15) is 0 Å². The Hall–Kier alpha value is -2.21. The summed E-state index contributed by atoms with van der Waals surface area (Å²) in [5, 5.41) is 11.6. The van der Waals surface area contributed by atoms with E-state index in [1.54, 1.807) is 17.2 Å². The lowest BCUT2D eigenvalue weighted by Crippen LogP contribution is -2.53. The van der Waals surface area contributed by atoms with Crippen molar-refractivity contribution >= 4 is 5.91 Å². The van der Waals surface area contributed by atoms with E-state index in [2.05, 4.69) is 29.4 Å². The van der Waals surface area contributed by atoms with E-state index in [0.717, 1.165) is 5.56 Å². The molecule has 0 saturated carbocycles. The zero-order chi connectivity index (χ0) is 17.7. The van der Waals surface area contributed by atoms with Gasteiger partial charge in [0.2, 0.25) is 5.91 Å². The van der Waals surface area contributed by atoms with Crippen LogP contribution in [0.15, 0.2) is 42.7 Å². The van der Waals surface area contributed by atoms with Gasteiger partial charge in [-0.1, -0.05) is 44.2 Å². The second kappa shape index (κ2) is 7.78. The van der Waals surface area contributed by atoms with Gasteiger partial charge in [0, 0.05) is 13.2 Å². The number of ether oxygens (including phenoxy) is 1. The maximum atomic E-state index is 13.3. The Bertz CT molecular complexity index is 664. The quantitative estimate of drug-likeness (QED) is 0.873. The molecule has 1 aromatic carbocycles. The lowest BCUT2D eigenvalue weighted by atomic mass is 9.73. The Morgan fingerprint density at radius 2 is 1.84 bits per heavy atom. The third-order valence-electron chi connectivity index (χ3n) is 5.06. The van der Waals surface area contributed by atoms with Gasteiger partial charge in [-0.25, -0.2) is 0 Å². The van der Waals surface area contributed by atoms with Crippen LogP contribution in [-0.2, 0) is 21.5 Å². The predicted octanol–water partition coefficient (Wildman–Crippen LogP) is 2.17. The highest BCUT2D eigenvalue weighted by molar-refractivity contribution is 5.88. The number of hydrogen-bond donors (Lipinski definition) is 1. The summed E-state index contributed by atoms with van der Waals surface area (Å²) in [5.41, 5.74) is 0.542. The fourth-order valence-corrected chi connectivity index (χ4v) is 3.37. The maximum absolute atomic E-state index is 13.3. The topological polar surface area (TPSA) is 69.0 Å². The molecular weight excluding hydrogens is 316 g/mol. The lowest BCUT2D eigenvalue weighted by molar-refractivity contribution is -0.131. The maximum Gasteiger partial charge on any atom is 0.231 e. The van der Waals surface area contributed by atoms with Gasteiger partial charge in [-0.3, -0.25) is 4.79 Å². The smallest absolute Gasteiger partial charge is 0.231 e. The first-order valence-electron chi connectivity index (χ1n) is 8.90. The van der Waals surface area contributed by atoms with Crippen LogP contribution in [0.1, 0.15) is 32.3 Å². The molecule has 3 rings (SSSR count). The van der Waals surface area contributed by atoms with Gasteiger partial charge in [0.15, 0.2) is 0 Å². The van der Waals surface area contributed by atoms with Gasteiger partial charge in [-0.2, -0.15) is 15.0 Å². The SMILES string of the molecule is CC(C)[C@H](Cn1nccn1)NC(=O)C1(c2ccccc2)CCOCC1. The second-order valence-electron chi connectivity index (χ2n) is 6.97. The molecule has 1 fully saturated rings. The summed E-state index contributed by atoms with van der Waals surface area (Å²) in [6.07, 6.45) is 4.72. The van der Waals surface area contributed by atoms with Gasteiger partial charge >= 0.3 is 0 Å². The van der Waals surface area contributed by atoms with E-state index >= 15 is 0 Å². The van der Waals surface area contributed by atoms with Gasteiger partial charge in [-0.05, 0) is 24.3 Å². The summed E-state index contributed by atoms with van der Waals surface area (Å²) in [5.74, 6) is 0.357. The number of nitrogens with zero attached hydrogens (tertiary/aromatic N) is 3. The number of benzene rings is 1. The third kappa shape index (κ3) is 3.90. The molecule has 0 unspecified atom stereocenters. The standard InChI is InChI=1S/C19H26N4O2/c1-15(2)17(14-23-20-10-11-21-23)22-18(24)19(8-12-25-13-9-19)16-6-4-3-5-7-16/h3-7,10-11,15,17H,8-9,12-14H2,1-2H3,(H,22,24)/t17-/m0/s1. The molecule has 6 heteroatoms. The highest BCUT2D eigenvalue weighted by atomic mass is 16.5. The first-order chi connectivity index (χ1) is 12.1. The summed E-state index contributed by atoms with van der Waals surface area (Å²) in [6.45, 7) is 5.99. The highest BCUT2D eigenvalue weighted by Gasteiger charge is 2.42. The third-order valence-corrected chi connectivity index (χ3v) is 5.06. The Labute approximate surface area is 148 Å². The van der Waals surface area contributed by atoms with E-state index in [9.17, 15) is 4.79 Å².